The molecule has 0 amide bonds. The van der Waals surface area contributed by atoms with Crippen molar-refractivity contribution in [2.45, 2.75) is 13.0 Å². The Labute approximate surface area is 125 Å². The lowest BCUT2D eigenvalue weighted by atomic mass is 10.0. The second-order valence-electron chi connectivity index (χ2n) is 4.46. The maximum Gasteiger partial charge on any atom is 0.126 e. The number of benzene rings is 1. The number of aryl methyl sites for hydroxylation is 1. The molecule has 1 aliphatic rings. The standard InChI is InChI=1S/C13H18F2N2.2ClH/c1-10-2-3-11(8-12(10)15)13(9-14)17-6-4-16-5-7-17;;/h2-3,8,13,16H,4-7,9H2,1H3;2*1H/t13-;;/m1../s1. The Morgan fingerprint density at radius 2 is 1.89 bits per heavy atom. The highest BCUT2D eigenvalue weighted by molar-refractivity contribution is 5.85. The number of nitrogens with zero attached hydrogens (tertiary/aromatic N) is 1. The van der Waals surface area contributed by atoms with E-state index in [2.05, 4.69) is 10.2 Å². The third-order valence-corrected chi connectivity index (χ3v) is 3.32. The average Bonchev–Trinajstić information content (AvgIpc) is 2.36. The lowest BCUT2D eigenvalue weighted by molar-refractivity contribution is 0.147. The fraction of sp³-hybridized carbons (Fsp3) is 0.538. The van der Waals surface area contributed by atoms with E-state index in [9.17, 15) is 8.78 Å². The molecule has 1 N–H and O–H groups in total. The van der Waals surface area contributed by atoms with Crippen molar-refractivity contribution in [1.29, 1.82) is 0 Å². The third kappa shape index (κ3) is 4.56. The molecule has 1 aromatic rings. The molecule has 2 nitrogen and oxygen atoms in total. The van der Waals surface area contributed by atoms with Crippen molar-refractivity contribution in [3.05, 3.63) is 35.1 Å². The molecule has 0 spiro atoms. The first-order valence-electron chi connectivity index (χ1n) is 5.99. The maximum absolute atomic E-state index is 13.5. The van der Waals surface area contributed by atoms with E-state index in [1.54, 1.807) is 13.0 Å². The zero-order valence-electron chi connectivity index (χ0n) is 10.9. The minimum absolute atomic E-state index is 0. The summed E-state index contributed by atoms with van der Waals surface area (Å²) >= 11 is 0. The predicted octanol–water partition coefficient (Wildman–Crippen LogP) is 2.89. The van der Waals surface area contributed by atoms with Crippen LogP contribution in [0.3, 0.4) is 0 Å². The molecule has 6 heteroatoms. The van der Waals surface area contributed by atoms with E-state index < -0.39 is 6.67 Å². The van der Waals surface area contributed by atoms with Crippen LogP contribution in [-0.4, -0.2) is 37.8 Å². The van der Waals surface area contributed by atoms with Crippen LogP contribution in [-0.2, 0) is 0 Å². The first kappa shape index (κ1) is 18.6. The topological polar surface area (TPSA) is 15.3 Å². The zero-order chi connectivity index (χ0) is 12.3. The van der Waals surface area contributed by atoms with Crippen LogP contribution in [0.2, 0.25) is 0 Å². The summed E-state index contributed by atoms with van der Waals surface area (Å²) in [4.78, 5) is 2.07. The largest absolute Gasteiger partial charge is 0.314 e. The Hall–Kier alpha value is -0.420. The monoisotopic (exact) mass is 312 g/mol. The van der Waals surface area contributed by atoms with Crippen molar-refractivity contribution in [2.75, 3.05) is 32.9 Å². The van der Waals surface area contributed by atoms with Crippen LogP contribution >= 0.6 is 24.8 Å². The molecule has 19 heavy (non-hydrogen) atoms. The van der Waals surface area contributed by atoms with Gasteiger partial charge in [-0.25, -0.2) is 8.78 Å². The van der Waals surface area contributed by atoms with Crippen molar-refractivity contribution in [1.82, 2.24) is 10.2 Å². The Bertz CT molecular complexity index is 385. The van der Waals surface area contributed by atoms with Gasteiger partial charge in [0.2, 0.25) is 0 Å². The molecule has 1 aliphatic heterocycles. The lowest BCUT2D eigenvalue weighted by Gasteiger charge is -2.33. The fourth-order valence-electron chi connectivity index (χ4n) is 2.21. The van der Waals surface area contributed by atoms with E-state index in [0.717, 1.165) is 31.7 Å². The molecule has 1 atom stereocenters. The molecule has 1 heterocycles. The highest BCUT2D eigenvalue weighted by Crippen LogP contribution is 2.23. The Morgan fingerprint density at radius 1 is 1.26 bits per heavy atom. The normalized spacial score (nSPS) is 17.2. The van der Waals surface area contributed by atoms with Crippen molar-refractivity contribution in [2.24, 2.45) is 0 Å². The van der Waals surface area contributed by atoms with Gasteiger partial charge in [-0.05, 0) is 24.1 Å². The highest BCUT2D eigenvalue weighted by Gasteiger charge is 2.22. The van der Waals surface area contributed by atoms with Gasteiger partial charge < -0.3 is 5.32 Å². The third-order valence-electron chi connectivity index (χ3n) is 3.32. The van der Waals surface area contributed by atoms with E-state index in [0.29, 0.717) is 5.56 Å². The van der Waals surface area contributed by atoms with Crippen LogP contribution in [0.15, 0.2) is 18.2 Å². The zero-order valence-corrected chi connectivity index (χ0v) is 12.5. The van der Waals surface area contributed by atoms with Gasteiger partial charge in [0.1, 0.15) is 12.5 Å². The van der Waals surface area contributed by atoms with Gasteiger partial charge in [0.25, 0.3) is 0 Å². The highest BCUT2D eigenvalue weighted by atomic mass is 35.5. The smallest absolute Gasteiger partial charge is 0.126 e. The van der Waals surface area contributed by atoms with Crippen LogP contribution in [0, 0.1) is 12.7 Å². The molecule has 0 aromatic heterocycles. The van der Waals surface area contributed by atoms with Crippen LogP contribution in [0.1, 0.15) is 17.2 Å². The molecule has 0 bridgehead atoms. The number of hydrogen-bond donors (Lipinski definition) is 1. The SMILES string of the molecule is Cc1ccc([C@@H](CF)N2CCNCC2)cc1F.Cl.Cl. The number of nitrogens with one attached hydrogen (secondary N) is 1. The molecule has 1 saturated heterocycles. The van der Waals surface area contributed by atoms with Crippen molar-refractivity contribution in [3.8, 4) is 0 Å². The number of piperazine rings is 1. The molecular weight excluding hydrogens is 293 g/mol. The van der Waals surface area contributed by atoms with E-state index in [1.165, 1.54) is 6.07 Å². The van der Waals surface area contributed by atoms with Crippen LogP contribution < -0.4 is 5.32 Å². The first-order chi connectivity index (χ1) is 8.22. The van der Waals surface area contributed by atoms with Gasteiger partial charge in [0, 0.05) is 26.2 Å². The van der Waals surface area contributed by atoms with Gasteiger partial charge in [-0.3, -0.25) is 4.90 Å². The molecule has 1 aromatic carbocycles. The second kappa shape index (κ2) is 8.69. The fourth-order valence-corrected chi connectivity index (χ4v) is 2.21. The molecule has 0 aliphatic carbocycles. The van der Waals surface area contributed by atoms with Crippen LogP contribution in [0.5, 0.6) is 0 Å². The maximum atomic E-state index is 13.5. The van der Waals surface area contributed by atoms with E-state index in [-0.39, 0.29) is 36.7 Å². The average molecular weight is 313 g/mol. The number of alkyl halides is 1. The number of rotatable bonds is 3. The molecular formula is C13H20Cl2F2N2. The van der Waals surface area contributed by atoms with Crippen LogP contribution in [0.4, 0.5) is 8.78 Å². The molecule has 0 saturated carbocycles. The van der Waals surface area contributed by atoms with Gasteiger partial charge in [0.05, 0.1) is 6.04 Å². The van der Waals surface area contributed by atoms with Gasteiger partial charge in [-0.2, -0.15) is 0 Å². The van der Waals surface area contributed by atoms with E-state index in [1.807, 2.05) is 6.07 Å². The summed E-state index contributed by atoms with van der Waals surface area (Å²) in [7, 11) is 0. The van der Waals surface area contributed by atoms with Crippen molar-refractivity contribution in [3.63, 3.8) is 0 Å². The summed E-state index contributed by atoms with van der Waals surface area (Å²) in [6, 6.07) is 4.69. The summed E-state index contributed by atoms with van der Waals surface area (Å²) in [5, 5.41) is 3.23. The van der Waals surface area contributed by atoms with Gasteiger partial charge in [-0.15, -0.1) is 24.8 Å². The van der Waals surface area contributed by atoms with E-state index >= 15 is 0 Å². The Morgan fingerprint density at radius 3 is 2.42 bits per heavy atom. The molecule has 0 unspecified atom stereocenters. The van der Waals surface area contributed by atoms with Gasteiger partial charge in [0.15, 0.2) is 0 Å². The first-order valence-corrected chi connectivity index (χ1v) is 5.99. The summed E-state index contributed by atoms with van der Waals surface area (Å²) in [5.74, 6) is -0.254. The molecule has 110 valence electrons. The minimum atomic E-state index is -0.470. The summed E-state index contributed by atoms with van der Waals surface area (Å²) in [5.41, 5.74) is 1.34. The number of halogens is 4. The Kier molecular flexibility index (Phi) is 8.50. The summed E-state index contributed by atoms with van der Waals surface area (Å²) in [6.07, 6.45) is 0. The van der Waals surface area contributed by atoms with Gasteiger partial charge in [-0.1, -0.05) is 12.1 Å². The molecule has 0 radical (unpaired) electrons. The van der Waals surface area contributed by atoms with Crippen molar-refractivity contribution < 1.29 is 8.78 Å². The van der Waals surface area contributed by atoms with Crippen molar-refractivity contribution >= 4 is 24.8 Å². The molecule has 1 fully saturated rings. The quantitative estimate of drug-likeness (QED) is 0.923. The summed E-state index contributed by atoms with van der Waals surface area (Å²) in [6.45, 7) is 4.60. The van der Waals surface area contributed by atoms with Gasteiger partial charge >= 0.3 is 0 Å². The lowest BCUT2D eigenvalue weighted by Crippen LogP contribution is -2.45. The molecule has 2 rings (SSSR count). The predicted molar refractivity (Wildman–Crippen MR) is 78.8 cm³/mol. The summed E-state index contributed by atoms with van der Waals surface area (Å²) < 4.78 is 26.7. The second-order valence-corrected chi connectivity index (χ2v) is 4.46. The van der Waals surface area contributed by atoms with Crippen LogP contribution in [0.25, 0.3) is 0 Å². The number of hydrogen-bond acceptors (Lipinski definition) is 2. The van der Waals surface area contributed by atoms with E-state index in [4.69, 9.17) is 0 Å². The Balaban J connectivity index is 0.00000162. The minimum Gasteiger partial charge on any atom is -0.314 e.